The van der Waals surface area contributed by atoms with Crippen molar-refractivity contribution < 1.29 is 23.5 Å². The summed E-state index contributed by atoms with van der Waals surface area (Å²) >= 11 is 0. The van der Waals surface area contributed by atoms with Crippen LogP contribution in [-0.4, -0.2) is 47.1 Å². The number of hydrogen-bond donors (Lipinski definition) is 2. The fourth-order valence-electron chi connectivity index (χ4n) is 3.42. The lowest BCUT2D eigenvalue weighted by atomic mass is 9.95. The summed E-state index contributed by atoms with van der Waals surface area (Å²) in [6.07, 6.45) is 0.333. The first-order valence-corrected chi connectivity index (χ1v) is 7.16. The minimum Gasteiger partial charge on any atom is -0.481 e. The minimum absolute atomic E-state index is 0.0740. The molecule has 2 heterocycles. The molecule has 2 aliphatic rings. The molecular formula is C15H16F2N2O3. The van der Waals surface area contributed by atoms with Gasteiger partial charge >= 0.3 is 5.97 Å². The van der Waals surface area contributed by atoms with E-state index in [1.807, 2.05) is 4.90 Å². The molecule has 3 unspecified atom stereocenters. The van der Waals surface area contributed by atoms with Gasteiger partial charge in [-0.1, -0.05) is 6.07 Å². The van der Waals surface area contributed by atoms with Crippen molar-refractivity contribution in [1.82, 2.24) is 10.2 Å². The number of piperazine rings is 1. The van der Waals surface area contributed by atoms with Crippen molar-refractivity contribution >= 4 is 11.9 Å². The average Bonchev–Trinajstić information content (AvgIpc) is 2.87. The molecule has 0 spiro atoms. The Morgan fingerprint density at radius 3 is 2.86 bits per heavy atom. The largest absolute Gasteiger partial charge is 0.481 e. The number of carboxylic acid groups (broad SMARTS) is 1. The van der Waals surface area contributed by atoms with Gasteiger partial charge in [0.25, 0.3) is 0 Å². The highest BCUT2D eigenvalue weighted by atomic mass is 19.1. The molecule has 2 fully saturated rings. The quantitative estimate of drug-likeness (QED) is 0.877. The summed E-state index contributed by atoms with van der Waals surface area (Å²) in [5.41, 5.74) is 0.373. The van der Waals surface area contributed by atoms with Crippen molar-refractivity contribution in [3.63, 3.8) is 0 Å². The monoisotopic (exact) mass is 310 g/mol. The Labute approximate surface area is 125 Å². The standard InChI is InChI=1S/C15H16F2N2O3/c16-9-1-2-11(12(17)4-9)8-3-13-15(22)18-6-10(5-14(20)21)19(13)7-8/h1-2,4,8,10,13H,3,5-7H2,(H,18,22)(H,20,21). The summed E-state index contributed by atoms with van der Waals surface area (Å²) in [6.45, 7) is 0.679. The Balaban J connectivity index is 1.83. The molecule has 118 valence electrons. The van der Waals surface area contributed by atoms with Gasteiger partial charge in [0.05, 0.1) is 12.5 Å². The molecule has 0 radical (unpaired) electrons. The van der Waals surface area contributed by atoms with E-state index in [0.717, 1.165) is 6.07 Å². The van der Waals surface area contributed by atoms with Crippen LogP contribution in [0.5, 0.6) is 0 Å². The number of rotatable bonds is 3. The van der Waals surface area contributed by atoms with Crippen LogP contribution in [-0.2, 0) is 9.59 Å². The van der Waals surface area contributed by atoms with Crippen LogP contribution < -0.4 is 5.32 Å². The number of benzene rings is 1. The average molecular weight is 310 g/mol. The van der Waals surface area contributed by atoms with Crippen LogP contribution in [0.3, 0.4) is 0 Å². The molecule has 3 rings (SSSR count). The molecule has 0 bridgehead atoms. The van der Waals surface area contributed by atoms with Crippen LogP contribution >= 0.6 is 0 Å². The molecule has 0 aliphatic carbocycles. The van der Waals surface area contributed by atoms with Crippen molar-refractivity contribution in [2.24, 2.45) is 0 Å². The number of hydrogen-bond acceptors (Lipinski definition) is 3. The Morgan fingerprint density at radius 1 is 1.41 bits per heavy atom. The second-order valence-corrected chi connectivity index (χ2v) is 5.81. The third-order valence-corrected chi connectivity index (χ3v) is 4.44. The van der Waals surface area contributed by atoms with Gasteiger partial charge < -0.3 is 10.4 Å². The van der Waals surface area contributed by atoms with Gasteiger partial charge in [-0.15, -0.1) is 0 Å². The van der Waals surface area contributed by atoms with E-state index in [9.17, 15) is 18.4 Å². The number of carbonyl (C=O) groups excluding carboxylic acids is 1. The first kappa shape index (κ1) is 14.9. The lowest BCUT2D eigenvalue weighted by molar-refractivity contribution is -0.141. The number of nitrogens with zero attached hydrogens (tertiary/aromatic N) is 1. The predicted octanol–water partition coefficient (Wildman–Crippen LogP) is 1.10. The summed E-state index contributed by atoms with van der Waals surface area (Å²) in [5.74, 6) is -2.60. The van der Waals surface area contributed by atoms with Crippen LogP contribution in [0.15, 0.2) is 18.2 Å². The number of nitrogens with one attached hydrogen (secondary N) is 1. The van der Waals surface area contributed by atoms with E-state index in [4.69, 9.17) is 5.11 Å². The van der Waals surface area contributed by atoms with Gasteiger partial charge in [-0.05, 0) is 18.1 Å². The lowest BCUT2D eigenvalue weighted by Gasteiger charge is -2.36. The fraction of sp³-hybridized carbons (Fsp3) is 0.467. The van der Waals surface area contributed by atoms with Crippen molar-refractivity contribution in [3.05, 3.63) is 35.4 Å². The molecule has 22 heavy (non-hydrogen) atoms. The van der Waals surface area contributed by atoms with Crippen LogP contribution in [0, 0.1) is 11.6 Å². The maximum atomic E-state index is 13.9. The maximum absolute atomic E-state index is 13.9. The van der Waals surface area contributed by atoms with Gasteiger partial charge in [-0.2, -0.15) is 0 Å². The fourth-order valence-corrected chi connectivity index (χ4v) is 3.42. The van der Waals surface area contributed by atoms with E-state index in [-0.39, 0.29) is 30.8 Å². The van der Waals surface area contributed by atoms with Gasteiger partial charge in [0, 0.05) is 31.1 Å². The van der Waals surface area contributed by atoms with Crippen molar-refractivity contribution in [2.45, 2.75) is 30.8 Å². The van der Waals surface area contributed by atoms with Gasteiger partial charge in [0.1, 0.15) is 11.6 Å². The second-order valence-electron chi connectivity index (χ2n) is 5.81. The zero-order valence-electron chi connectivity index (χ0n) is 11.8. The molecule has 0 aromatic heterocycles. The molecule has 7 heteroatoms. The SMILES string of the molecule is O=C(O)CC1CNC(=O)C2CC(c3ccc(F)cc3F)CN12. The number of aliphatic carboxylic acids is 1. The summed E-state index contributed by atoms with van der Waals surface area (Å²) in [4.78, 5) is 24.7. The van der Waals surface area contributed by atoms with E-state index in [1.165, 1.54) is 12.1 Å². The first-order valence-electron chi connectivity index (χ1n) is 7.16. The molecule has 5 nitrogen and oxygen atoms in total. The van der Waals surface area contributed by atoms with E-state index >= 15 is 0 Å². The predicted molar refractivity (Wildman–Crippen MR) is 73.3 cm³/mol. The van der Waals surface area contributed by atoms with Crippen LogP contribution in [0.4, 0.5) is 8.78 Å². The van der Waals surface area contributed by atoms with Gasteiger partial charge in [0.2, 0.25) is 5.91 Å². The maximum Gasteiger partial charge on any atom is 0.305 e. The molecule has 2 aliphatic heterocycles. The molecule has 1 aromatic rings. The highest BCUT2D eigenvalue weighted by Crippen LogP contribution is 2.36. The lowest BCUT2D eigenvalue weighted by Crippen LogP contribution is -2.58. The number of amides is 1. The third-order valence-electron chi connectivity index (χ3n) is 4.44. The van der Waals surface area contributed by atoms with Gasteiger partial charge in [0.15, 0.2) is 0 Å². The summed E-state index contributed by atoms with van der Waals surface area (Å²) in [6, 6.07) is 2.69. The Bertz CT molecular complexity index is 623. The van der Waals surface area contributed by atoms with Crippen LogP contribution in [0.2, 0.25) is 0 Å². The third kappa shape index (κ3) is 2.68. The number of carbonyl (C=O) groups is 2. The number of halogens is 2. The highest BCUT2D eigenvalue weighted by Gasteiger charge is 2.44. The van der Waals surface area contributed by atoms with Crippen molar-refractivity contribution in [3.8, 4) is 0 Å². The summed E-state index contributed by atoms with van der Waals surface area (Å²) < 4.78 is 26.9. The van der Waals surface area contributed by atoms with Crippen molar-refractivity contribution in [1.29, 1.82) is 0 Å². The minimum atomic E-state index is -0.934. The first-order chi connectivity index (χ1) is 10.5. The number of carboxylic acids is 1. The molecule has 1 aromatic carbocycles. The highest BCUT2D eigenvalue weighted by molar-refractivity contribution is 5.83. The van der Waals surface area contributed by atoms with E-state index < -0.39 is 23.6 Å². The van der Waals surface area contributed by atoms with E-state index in [2.05, 4.69) is 5.32 Å². The Hall–Kier alpha value is -2.02. The van der Waals surface area contributed by atoms with Crippen LogP contribution in [0.25, 0.3) is 0 Å². The van der Waals surface area contributed by atoms with Crippen molar-refractivity contribution in [2.75, 3.05) is 13.1 Å². The van der Waals surface area contributed by atoms with Gasteiger partial charge in [-0.25, -0.2) is 8.78 Å². The zero-order valence-corrected chi connectivity index (χ0v) is 11.8. The van der Waals surface area contributed by atoms with Crippen LogP contribution in [0.1, 0.15) is 24.3 Å². The normalized spacial score (nSPS) is 28.3. The molecule has 3 atom stereocenters. The summed E-state index contributed by atoms with van der Waals surface area (Å²) in [7, 11) is 0. The van der Waals surface area contributed by atoms with E-state index in [1.54, 1.807) is 0 Å². The summed E-state index contributed by atoms with van der Waals surface area (Å²) in [5, 5.41) is 11.7. The number of fused-ring (bicyclic) bond motifs is 1. The van der Waals surface area contributed by atoms with E-state index in [0.29, 0.717) is 18.5 Å². The zero-order chi connectivity index (χ0) is 15.9. The molecule has 0 saturated carbocycles. The molecule has 1 amide bonds. The Morgan fingerprint density at radius 2 is 2.18 bits per heavy atom. The van der Waals surface area contributed by atoms with Gasteiger partial charge in [-0.3, -0.25) is 14.5 Å². The molecular weight excluding hydrogens is 294 g/mol. The second kappa shape index (κ2) is 5.64. The topological polar surface area (TPSA) is 69.6 Å². The smallest absolute Gasteiger partial charge is 0.305 e. The molecule has 2 saturated heterocycles. The molecule has 2 N–H and O–H groups in total. The Kier molecular flexibility index (Phi) is 3.82.